The number of rotatable bonds is 9. The average Bonchev–Trinajstić information content (AvgIpc) is 2.89. The first kappa shape index (κ1) is 25.3. The summed E-state index contributed by atoms with van der Waals surface area (Å²) in [6, 6.07) is 22.7. The predicted molar refractivity (Wildman–Crippen MR) is 141 cm³/mol. The van der Waals surface area contributed by atoms with Crippen LogP contribution in [-0.4, -0.2) is 16.0 Å². The molecule has 186 valence electrons. The molecule has 7 heteroatoms. The highest BCUT2D eigenvalue weighted by molar-refractivity contribution is 5.94. The van der Waals surface area contributed by atoms with Crippen molar-refractivity contribution in [2.24, 2.45) is 0 Å². The maximum absolute atomic E-state index is 13.3. The van der Waals surface area contributed by atoms with Gasteiger partial charge in [0.2, 0.25) is 5.75 Å². The molecule has 0 aliphatic heterocycles. The second kappa shape index (κ2) is 11.3. The zero-order valence-corrected chi connectivity index (χ0v) is 20.1. The molecule has 0 fully saturated rings. The summed E-state index contributed by atoms with van der Waals surface area (Å²) in [5, 5.41) is 21.4. The number of aromatic carboxylic acids is 1. The lowest BCUT2D eigenvalue weighted by atomic mass is 9.98. The lowest BCUT2D eigenvalue weighted by Gasteiger charge is -2.11. The number of ether oxygens (including phenoxy) is 1. The molecule has 0 bridgehead atoms. The van der Waals surface area contributed by atoms with Crippen LogP contribution in [0, 0.1) is 15.9 Å². The first-order chi connectivity index (χ1) is 17.9. The monoisotopic (exact) mass is 497 g/mol. The minimum atomic E-state index is -1.11. The van der Waals surface area contributed by atoms with Crippen LogP contribution in [0.25, 0.3) is 23.3 Å². The fourth-order valence-electron chi connectivity index (χ4n) is 3.97. The minimum Gasteiger partial charge on any atom is -0.478 e. The summed E-state index contributed by atoms with van der Waals surface area (Å²) in [7, 11) is 0. The van der Waals surface area contributed by atoms with Crippen LogP contribution in [0.2, 0.25) is 0 Å². The van der Waals surface area contributed by atoms with Crippen molar-refractivity contribution < 1.29 is 24.0 Å². The van der Waals surface area contributed by atoms with E-state index in [1.807, 2.05) is 25.1 Å². The number of benzene rings is 4. The number of carbonyl (C=O) groups is 1. The average molecular weight is 498 g/mol. The van der Waals surface area contributed by atoms with Crippen LogP contribution in [0.4, 0.5) is 10.1 Å². The molecular weight excluding hydrogens is 473 g/mol. The molecule has 0 atom stereocenters. The Labute approximate surface area is 213 Å². The molecule has 0 aliphatic rings. The molecule has 0 aromatic heterocycles. The standard InChI is InChI=1S/C30H24FNO5/c1-2-5-22-6-3-4-7-28(22)37-29-17-9-20(18-27(29)32(35)36)8-10-24-19-23(13-16-26(24)30(33)34)21-11-14-25(31)15-12-21/h3-4,6-19H,2,5H2,1H3,(H,33,34)/b10-8+. The highest BCUT2D eigenvalue weighted by Crippen LogP contribution is 2.35. The van der Waals surface area contributed by atoms with Crippen molar-refractivity contribution in [1.82, 2.24) is 0 Å². The number of aryl methyl sites for hydroxylation is 1. The first-order valence-electron chi connectivity index (χ1n) is 11.7. The van der Waals surface area contributed by atoms with E-state index >= 15 is 0 Å². The molecular formula is C30H24FNO5. The van der Waals surface area contributed by atoms with E-state index < -0.39 is 10.9 Å². The largest absolute Gasteiger partial charge is 0.478 e. The Hall–Kier alpha value is -4.78. The van der Waals surface area contributed by atoms with Crippen molar-refractivity contribution in [3.8, 4) is 22.6 Å². The molecule has 1 N–H and O–H groups in total. The van der Waals surface area contributed by atoms with E-state index in [2.05, 4.69) is 0 Å². The van der Waals surface area contributed by atoms with Crippen molar-refractivity contribution in [2.75, 3.05) is 0 Å². The lowest BCUT2D eigenvalue weighted by Crippen LogP contribution is -1.99. The summed E-state index contributed by atoms with van der Waals surface area (Å²) >= 11 is 0. The fraction of sp³-hybridized carbons (Fsp3) is 0.100. The molecule has 0 saturated carbocycles. The van der Waals surface area contributed by atoms with Crippen molar-refractivity contribution in [3.05, 3.63) is 123 Å². The van der Waals surface area contributed by atoms with Gasteiger partial charge in [-0.1, -0.05) is 68.0 Å². The van der Waals surface area contributed by atoms with E-state index in [-0.39, 0.29) is 22.8 Å². The minimum absolute atomic E-state index is 0.0732. The van der Waals surface area contributed by atoms with Gasteiger partial charge in [0.25, 0.3) is 0 Å². The number of halogens is 1. The highest BCUT2D eigenvalue weighted by atomic mass is 19.1. The SMILES string of the molecule is CCCc1ccccc1Oc1ccc(/C=C/c2cc(-c3ccc(F)cc3)ccc2C(=O)O)cc1[N+](=O)[O-]. The topological polar surface area (TPSA) is 89.7 Å². The van der Waals surface area contributed by atoms with Gasteiger partial charge < -0.3 is 9.84 Å². The number of nitro benzene ring substituents is 1. The third-order valence-corrected chi connectivity index (χ3v) is 5.81. The zero-order chi connectivity index (χ0) is 26.4. The lowest BCUT2D eigenvalue weighted by molar-refractivity contribution is -0.385. The van der Waals surface area contributed by atoms with Gasteiger partial charge in [-0.15, -0.1) is 0 Å². The van der Waals surface area contributed by atoms with Crippen LogP contribution < -0.4 is 4.74 Å². The summed E-state index contributed by atoms with van der Waals surface area (Å²) in [5.41, 5.74) is 3.19. The normalized spacial score (nSPS) is 11.0. The Bertz CT molecular complexity index is 1480. The van der Waals surface area contributed by atoms with Crippen LogP contribution in [0.1, 0.15) is 40.4 Å². The van der Waals surface area contributed by atoms with Gasteiger partial charge >= 0.3 is 11.7 Å². The molecule has 37 heavy (non-hydrogen) atoms. The second-order valence-electron chi connectivity index (χ2n) is 8.39. The Morgan fingerprint density at radius 3 is 2.38 bits per heavy atom. The fourth-order valence-corrected chi connectivity index (χ4v) is 3.97. The molecule has 0 amide bonds. The van der Waals surface area contributed by atoms with E-state index in [1.165, 1.54) is 30.3 Å². The number of nitrogens with zero attached hydrogens (tertiary/aromatic N) is 1. The number of hydrogen-bond acceptors (Lipinski definition) is 4. The number of carboxylic acid groups (broad SMARTS) is 1. The van der Waals surface area contributed by atoms with Crippen LogP contribution in [0.5, 0.6) is 11.5 Å². The number of para-hydroxylation sites is 1. The molecule has 4 aromatic rings. The van der Waals surface area contributed by atoms with Crippen LogP contribution >= 0.6 is 0 Å². The maximum atomic E-state index is 13.3. The summed E-state index contributed by atoms with van der Waals surface area (Å²) in [5.74, 6) is -0.783. The number of carboxylic acids is 1. The Morgan fingerprint density at radius 2 is 1.68 bits per heavy atom. The van der Waals surface area contributed by atoms with E-state index in [4.69, 9.17) is 4.74 Å². The van der Waals surface area contributed by atoms with Gasteiger partial charge in [0, 0.05) is 6.07 Å². The Balaban J connectivity index is 1.67. The van der Waals surface area contributed by atoms with Gasteiger partial charge in [-0.05, 0) is 70.6 Å². The van der Waals surface area contributed by atoms with Gasteiger partial charge in [0.05, 0.1) is 10.5 Å². The van der Waals surface area contributed by atoms with Crippen molar-refractivity contribution in [3.63, 3.8) is 0 Å². The van der Waals surface area contributed by atoms with Crippen LogP contribution in [0.15, 0.2) is 84.9 Å². The molecule has 0 aliphatic carbocycles. The van der Waals surface area contributed by atoms with Crippen molar-refractivity contribution in [1.29, 1.82) is 0 Å². The Kier molecular flexibility index (Phi) is 7.74. The highest BCUT2D eigenvalue weighted by Gasteiger charge is 2.18. The van der Waals surface area contributed by atoms with Crippen molar-refractivity contribution in [2.45, 2.75) is 19.8 Å². The van der Waals surface area contributed by atoms with E-state index in [1.54, 1.807) is 48.6 Å². The molecule has 4 aromatic carbocycles. The third-order valence-electron chi connectivity index (χ3n) is 5.81. The van der Waals surface area contributed by atoms with Crippen LogP contribution in [-0.2, 0) is 6.42 Å². The predicted octanol–water partition coefficient (Wildman–Crippen LogP) is 8.01. The summed E-state index contributed by atoms with van der Waals surface area (Å²) in [6.07, 6.45) is 4.89. The molecule has 0 heterocycles. The van der Waals surface area contributed by atoms with Crippen LogP contribution in [0.3, 0.4) is 0 Å². The number of nitro groups is 1. The summed E-state index contributed by atoms with van der Waals surface area (Å²) in [6.45, 7) is 2.05. The molecule has 4 rings (SSSR count). The molecule has 6 nitrogen and oxygen atoms in total. The second-order valence-corrected chi connectivity index (χ2v) is 8.39. The number of hydrogen-bond donors (Lipinski definition) is 1. The van der Waals surface area contributed by atoms with E-state index in [9.17, 15) is 24.4 Å². The van der Waals surface area contributed by atoms with Gasteiger partial charge in [-0.3, -0.25) is 10.1 Å². The van der Waals surface area contributed by atoms with Crippen molar-refractivity contribution >= 4 is 23.8 Å². The van der Waals surface area contributed by atoms with Gasteiger partial charge in [0.1, 0.15) is 11.6 Å². The van der Waals surface area contributed by atoms with Gasteiger partial charge in [0.15, 0.2) is 0 Å². The third kappa shape index (κ3) is 6.08. The van der Waals surface area contributed by atoms with Gasteiger partial charge in [-0.25, -0.2) is 9.18 Å². The summed E-state index contributed by atoms with van der Waals surface area (Å²) < 4.78 is 19.2. The quantitative estimate of drug-likeness (QED) is 0.144. The molecule has 0 radical (unpaired) electrons. The Morgan fingerprint density at radius 1 is 0.946 bits per heavy atom. The maximum Gasteiger partial charge on any atom is 0.336 e. The van der Waals surface area contributed by atoms with E-state index in [0.29, 0.717) is 22.4 Å². The first-order valence-corrected chi connectivity index (χ1v) is 11.7. The summed E-state index contributed by atoms with van der Waals surface area (Å²) in [4.78, 5) is 23.1. The molecule has 0 saturated heterocycles. The molecule has 0 spiro atoms. The molecule has 0 unspecified atom stereocenters. The van der Waals surface area contributed by atoms with E-state index in [0.717, 1.165) is 24.0 Å². The zero-order valence-electron chi connectivity index (χ0n) is 20.1. The van der Waals surface area contributed by atoms with Gasteiger partial charge in [-0.2, -0.15) is 0 Å². The smallest absolute Gasteiger partial charge is 0.336 e.